The van der Waals surface area contributed by atoms with Gasteiger partial charge in [0.25, 0.3) is 0 Å². The smallest absolute Gasteiger partial charge is 0.0474 e. The zero-order chi connectivity index (χ0) is 12.8. The molecule has 1 aliphatic rings. The van der Waals surface area contributed by atoms with Crippen LogP contribution in [0, 0.1) is 5.92 Å². The molecule has 1 atom stereocenters. The van der Waals surface area contributed by atoms with Gasteiger partial charge >= 0.3 is 0 Å². The van der Waals surface area contributed by atoms with Gasteiger partial charge in [-0.05, 0) is 30.4 Å². The molecule has 2 rings (SSSR count). The summed E-state index contributed by atoms with van der Waals surface area (Å²) in [7, 11) is 0. The maximum absolute atomic E-state index is 6.22. The molecule has 0 amide bonds. The second-order valence-corrected chi connectivity index (χ2v) is 5.73. The first-order valence-corrected chi connectivity index (χ1v) is 7.39. The highest BCUT2D eigenvalue weighted by Gasteiger charge is 2.17. The fourth-order valence-electron chi connectivity index (χ4n) is 2.96. The minimum atomic E-state index is 0.181. The van der Waals surface area contributed by atoms with E-state index in [1.165, 1.54) is 38.5 Å². The van der Waals surface area contributed by atoms with Gasteiger partial charge in [0.05, 0.1) is 0 Å². The van der Waals surface area contributed by atoms with Crippen LogP contribution in [-0.2, 0) is 0 Å². The van der Waals surface area contributed by atoms with Crippen molar-refractivity contribution in [1.82, 2.24) is 5.43 Å². The Balaban J connectivity index is 1.91. The molecule has 3 heteroatoms. The van der Waals surface area contributed by atoms with Gasteiger partial charge in [-0.3, -0.25) is 11.3 Å². The first-order chi connectivity index (χ1) is 8.81. The molecule has 0 radical (unpaired) electrons. The number of benzene rings is 1. The fraction of sp³-hybridized carbons (Fsp3) is 0.600. The number of nitrogens with one attached hydrogen (secondary N) is 1. The Bertz CT molecular complexity index is 361. The molecule has 100 valence electrons. The summed E-state index contributed by atoms with van der Waals surface area (Å²) in [5.74, 6) is 6.57. The maximum Gasteiger partial charge on any atom is 0.0474 e. The van der Waals surface area contributed by atoms with E-state index < -0.39 is 0 Å². The van der Waals surface area contributed by atoms with Crippen molar-refractivity contribution in [3.8, 4) is 0 Å². The second kappa shape index (κ2) is 7.13. The number of rotatable bonds is 5. The lowest BCUT2D eigenvalue weighted by molar-refractivity contribution is 0.315. The molecule has 1 saturated carbocycles. The highest BCUT2D eigenvalue weighted by molar-refractivity contribution is 6.31. The van der Waals surface area contributed by atoms with Gasteiger partial charge in [-0.15, -0.1) is 0 Å². The average Bonchev–Trinajstić information content (AvgIpc) is 2.42. The molecule has 18 heavy (non-hydrogen) atoms. The van der Waals surface area contributed by atoms with E-state index in [0.717, 1.165) is 22.9 Å². The van der Waals surface area contributed by atoms with E-state index in [9.17, 15) is 0 Å². The summed E-state index contributed by atoms with van der Waals surface area (Å²) in [6.07, 6.45) is 9.32. The molecule has 1 aromatic rings. The van der Waals surface area contributed by atoms with Crippen molar-refractivity contribution in [2.45, 2.75) is 51.0 Å². The summed E-state index contributed by atoms with van der Waals surface area (Å²) in [5.41, 5.74) is 4.04. The van der Waals surface area contributed by atoms with Crippen molar-refractivity contribution >= 4 is 11.6 Å². The third-order valence-corrected chi connectivity index (χ3v) is 4.41. The summed E-state index contributed by atoms with van der Waals surface area (Å²) in [6.45, 7) is 0. The second-order valence-electron chi connectivity index (χ2n) is 5.32. The van der Waals surface area contributed by atoms with Crippen LogP contribution in [0.5, 0.6) is 0 Å². The highest BCUT2D eigenvalue weighted by Crippen LogP contribution is 2.31. The quantitative estimate of drug-likeness (QED) is 0.619. The van der Waals surface area contributed by atoms with E-state index in [2.05, 4.69) is 11.5 Å². The Kier molecular flexibility index (Phi) is 5.48. The van der Waals surface area contributed by atoms with Gasteiger partial charge in [-0.2, -0.15) is 0 Å². The average molecular weight is 267 g/mol. The monoisotopic (exact) mass is 266 g/mol. The summed E-state index contributed by atoms with van der Waals surface area (Å²) in [6, 6.07) is 8.16. The Hall–Kier alpha value is -0.570. The van der Waals surface area contributed by atoms with E-state index in [1.807, 2.05) is 18.2 Å². The SMILES string of the molecule is NNC(CCC1CCCCC1)c1ccccc1Cl. The van der Waals surface area contributed by atoms with Crippen molar-refractivity contribution < 1.29 is 0 Å². The van der Waals surface area contributed by atoms with Gasteiger partial charge in [0.15, 0.2) is 0 Å². The first-order valence-electron chi connectivity index (χ1n) is 7.02. The van der Waals surface area contributed by atoms with E-state index in [4.69, 9.17) is 17.4 Å². The van der Waals surface area contributed by atoms with Crippen molar-refractivity contribution in [3.05, 3.63) is 34.9 Å². The number of hydrazine groups is 1. The molecule has 0 saturated heterocycles. The van der Waals surface area contributed by atoms with E-state index in [-0.39, 0.29) is 6.04 Å². The molecule has 0 heterocycles. The molecule has 1 fully saturated rings. The lowest BCUT2D eigenvalue weighted by Gasteiger charge is -2.24. The van der Waals surface area contributed by atoms with E-state index >= 15 is 0 Å². The fourth-order valence-corrected chi connectivity index (χ4v) is 3.23. The standard InChI is InChI=1S/C15H23ClN2/c16-14-9-5-4-8-13(14)15(18-17)11-10-12-6-2-1-3-7-12/h4-5,8-9,12,15,18H,1-3,6-7,10-11,17H2. The van der Waals surface area contributed by atoms with Gasteiger partial charge in [0, 0.05) is 11.1 Å². The zero-order valence-electron chi connectivity index (χ0n) is 10.9. The van der Waals surface area contributed by atoms with Crippen LogP contribution < -0.4 is 11.3 Å². The molecule has 2 nitrogen and oxygen atoms in total. The molecule has 0 bridgehead atoms. The molecule has 0 aliphatic heterocycles. The lowest BCUT2D eigenvalue weighted by atomic mass is 9.84. The van der Waals surface area contributed by atoms with Crippen LogP contribution in [0.15, 0.2) is 24.3 Å². The number of nitrogens with two attached hydrogens (primary N) is 1. The minimum absolute atomic E-state index is 0.181. The summed E-state index contributed by atoms with van der Waals surface area (Å²) >= 11 is 6.22. The van der Waals surface area contributed by atoms with Crippen LogP contribution >= 0.6 is 11.6 Å². The molecular formula is C15H23ClN2. The van der Waals surface area contributed by atoms with Crippen molar-refractivity contribution in [2.24, 2.45) is 11.8 Å². The normalized spacial score (nSPS) is 18.8. The lowest BCUT2D eigenvalue weighted by Crippen LogP contribution is -2.28. The van der Waals surface area contributed by atoms with Crippen LogP contribution in [0.2, 0.25) is 5.02 Å². The van der Waals surface area contributed by atoms with Crippen LogP contribution in [0.25, 0.3) is 0 Å². The molecule has 0 aromatic heterocycles. The third kappa shape index (κ3) is 3.71. The Morgan fingerprint density at radius 3 is 2.61 bits per heavy atom. The van der Waals surface area contributed by atoms with E-state index in [1.54, 1.807) is 0 Å². The Labute approximate surface area is 115 Å². The summed E-state index contributed by atoms with van der Waals surface area (Å²) < 4.78 is 0. The van der Waals surface area contributed by atoms with Crippen LogP contribution in [0.1, 0.15) is 56.6 Å². The number of halogens is 1. The van der Waals surface area contributed by atoms with Crippen molar-refractivity contribution in [3.63, 3.8) is 0 Å². The van der Waals surface area contributed by atoms with E-state index in [0.29, 0.717) is 0 Å². The Morgan fingerprint density at radius 1 is 1.22 bits per heavy atom. The Morgan fingerprint density at radius 2 is 1.94 bits per heavy atom. The topological polar surface area (TPSA) is 38.0 Å². The predicted molar refractivity (Wildman–Crippen MR) is 77.3 cm³/mol. The largest absolute Gasteiger partial charge is 0.271 e. The zero-order valence-corrected chi connectivity index (χ0v) is 11.6. The summed E-state index contributed by atoms with van der Waals surface area (Å²) in [5, 5.41) is 0.809. The predicted octanol–water partition coefficient (Wildman–Crippen LogP) is 4.20. The molecule has 3 N–H and O–H groups in total. The van der Waals surface area contributed by atoms with Gasteiger partial charge in [0.1, 0.15) is 0 Å². The first kappa shape index (κ1) is 13.9. The van der Waals surface area contributed by atoms with Gasteiger partial charge in [-0.1, -0.05) is 61.9 Å². The number of hydrogen-bond acceptors (Lipinski definition) is 2. The molecular weight excluding hydrogens is 244 g/mol. The van der Waals surface area contributed by atoms with Crippen LogP contribution in [-0.4, -0.2) is 0 Å². The molecule has 1 aliphatic carbocycles. The van der Waals surface area contributed by atoms with Crippen molar-refractivity contribution in [2.75, 3.05) is 0 Å². The highest BCUT2D eigenvalue weighted by atomic mass is 35.5. The molecule has 1 unspecified atom stereocenters. The summed E-state index contributed by atoms with van der Waals surface area (Å²) in [4.78, 5) is 0. The molecule has 1 aromatic carbocycles. The van der Waals surface area contributed by atoms with Gasteiger partial charge < -0.3 is 0 Å². The van der Waals surface area contributed by atoms with Crippen LogP contribution in [0.4, 0.5) is 0 Å². The third-order valence-electron chi connectivity index (χ3n) is 4.07. The van der Waals surface area contributed by atoms with Crippen molar-refractivity contribution in [1.29, 1.82) is 0 Å². The maximum atomic E-state index is 6.22. The van der Waals surface area contributed by atoms with Crippen LogP contribution in [0.3, 0.4) is 0 Å². The molecule has 0 spiro atoms. The number of hydrogen-bond donors (Lipinski definition) is 2. The van der Waals surface area contributed by atoms with Gasteiger partial charge in [0.2, 0.25) is 0 Å². The minimum Gasteiger partial charge on any atom is -0.271 e. The van der Waals surface area contributed by atoms with Gasteiger partial charge in [-0.25, -0.2) is 0 Å².